The van der Waals surface area contributed by atoms with Gasteiger partial charge in [-0.3, -0.25) is 4.98 Å². The molecule has 0 amide bonds. The number of nitrogens with two attached hydrogens (primary N) is 1. The first kappa shape index (κ1) is 9.19. The first-order valence-electron chi connectivity index (χ1n) is 3.22. The van der Waals surface area contributed by atoms with Gasteiger partial charge in [0, 0.05) is 0 Å². The number of hydrogen-bond donors (Lipinski definition) is 1. The number of alkyl halides is 2. The van der Waals surface area contributed by atoms with Crippen molar-refractivity contribution in [1.82, 2.24) is 4.98 Å². The Morgan fingerprint density at radius 3 is 2.58 bits per heavy atom. The number of nitrogen functional groups attached to an aromatic ring is 1. The van der Waals surface area contributed by atoms with Crippen molar-refractivity contribution in [3.8, 4) is 0 Å². The SMILES string of the molecule is Cc1ncc(N)c(C(F)F)c1Cl. The number of pyridine rings is 1. The molecule has 0 aliphatic rings. The zero-order valence-corrected chi connectivity index (χ0v) is 7.07. The molecule has 0 aliphatic carbocycles. The topological polar surface area (TPSA) is 38.9 Å². The summed E-state index contributed by atoms with van der Waals surface area (Å²) in [6.07, 6.45) is -1.47. The van der Waals surface area contributed by atoms with E-state index in [1.165, 1.54) is 6.20 Å². The van der Waals surface area contributed by atoms with Crippen molar-refractivity contribution >= 4 is 17.3 Å². The Balaban J connectivity index is 3.33. The fraction of sp³-hybridized carbons (Fsp3) is 0.286. The van der Waals surface area contributed by atoms with Gasteiger partial charge in [0.15, 0.2) is 0 Å². The molecule has 0 saturated heterocycles. The molecular formula is C7H7ClF2N2. The molecule has 0 radical (unpaired) electrons. The number of nitrogens with zero attached hydrogens (tertiary/aromatic N) is 1. The van der Waals surface area contributed by atoms with E-state index in [4.69, 9.17) is 17.3 Å². The van der Waals surface area contributed by atoms with E-state index in [1.807, 2.05) is 0 Å². The monoisotopic (exact) mass is 192 g/mol. The summed E-state index contributed by atoms with van der Waals surface area (Å²) in [4.78, 5) is 3.73. The van der Waals surface area contributed by atoms with Crippen molar-refractivity contribution in [3.05, 3.63) is 22.5 Å². The Hall–Kier alpha value is -0.900. The number of halogens is 3. The van der Waals surface area contributed by atoms with Gasteiger partial charge in [-0.1, -0.05) is 11.6 Å². The Morgan fingerprint density at radius 1 is 1.58 bits per heavy atom. The van der Waals surface area contributed by atoms with Gasteiger partial charge in [0.25, 0.3) is 6.43 Å². The van der Waals surface area contributed by atoms with E-state index >= 15 is 0 Å². The first-order valence-corrected chi connectivity index (χ1v) is 3.60. The van der Waals surface area contributed by atoms with Crippen molar-refractivity contribution < 1.29 is 8.78 Å². The van der Waals surface area contributed by atoms with E-state index in [-0.39, 0.29) is 16.3 Å². The Morgan fingerprint density at radius 2 is 2.17 bits per heavy atom. The third-order valence-electron chi connectivity index (χ3n) is 1.48. The van der Waals surface area contributed by atoms with Crippen LogP contribution < -0.4 is 5.73 Å². The summed E-state index contributed by atoms with van der Waals surface area (Å²) in [5.41, 5.74) is 5.23. The van der Waals surface area contributed by atoms with Crippen LogP contribution >= 0.6 is 11.6 Å². The molecule has 0 spiro atoms. The Bertz CT molecular complexity index is 302. The standard InChI is InChI=1S/C7H7ClF2N2/c1-3-6(8)5(7(9)10)4(11)2-12-3/h2,7H,11H2,1H3. The summed E-state index contributed by atoms with van der Waals surface area (Å²) >= 11 is 5.57. The fourth-order valence-corrected chi connectivity index (χ4v) is 1.08. The molecular weight excluding hydrogens is 186 g/mol. The average Bonchev–Trinajstić information content (AvgIpc) is 1.97. The van der Waals surface area contributed by atoms with E-state index < -0.39 is 6.43 Å². The highest BCUT2D eigenvalue weighted by molar-refractivity contribution is 6.32. The smallest absolute Gasteiger partial charge is 0.267 e. The second-order valence-electron chi connectivity index (χ2n) is 2.33. The third-order valence-corrected chi connectivity index (χ3v) is 1.96. The highest BCUT2D eigenvalue weighted by Gasteiger charge is 2.17. The lowest BCUT2D eigenvalue weighted by Gasteiger charge is -2.07. The molecule has 1 aromatic heterocycles. The van der Waals surface area contributed by atoms with E-state index in [0.29, 0.717) is 5.69 Å². The van der Waals surface area contributed by atoms with Crippen molar-refractivity contribution in [1.29, 1.82) is 0 Å². The number of aryl methyl sites for hydroxylation is 1. The minimum Gasteiger partial charge on any atom is -0.397 e. The highest BCUT2D eigenvalue weighted by atomic mass is 35.5. The maximum absolute atomic E-state index is 12.3. The van der Waals surface area contributed by atoms with Crippen molar-refractivity contribution in [2.45, 2.75) is 13.3 Å². The third kappa shape index (κ3) is 1.48. The minimum absolute atomic E-state index is 0.0509. The normalized spacial score (nSPS) is 10.8. The predicted molar refractivity (Wildman–Crippen MR) is 43.4 cm³/mol. The van der Waals surface area contributed by atoms with Crippen LogP contribution in [0.4, 0.5) is 14.5 Å². The second kappa shape index (κ2) is 3.23. The lowest BCUT2D eigenvalue weighted by molar-refractivity contribution is 0.152. The summed E-state index contributed by atoms with van der Waals surface area (Å²) in [7, 11) is 0. The summed E-state index contributed by atoms with van der Waals surface area (Å²) in [6.45, 7) is 1.55. The van der Waals surface area contributed by atoms with Crippen LogP contribution in [0.5, 0.6) is 0 Å². The molecule has 0 aromatic carbocycles. The van der Waals surface area contributed by atoms with Crippen LogP contribution in [0.15, 0.2) is 6.20 Å². The van der Waals surface area contributed by atoms with Crippen LogP contribution in [0.1, 0.15) is 17.7 Å². The second-order valence-corrected chi connectivity index (χ2v) is 2.71. The molecule has 12 heavy (non-hydrogen) atoms. The van der Waals surface area contributed by atoms with Crippen LogP contribution in [-0.2, 0) is 0 Å². The molecule has 0 unspecified atom stereocenters. The molecule has 0 saturated carbocycles. The molecule has 0 aliphatic heterocycles. The van der Waals surface area contributed by atoms with Crippen molar-refractivity contribution in [3.63, 3.8) is 0 Å². The van der Waals surface area contributed by atoms with E-state index in [9.17, 15) is 8.78 Å². The molecule has 2 nitrogen and oxygen atoms in total. The van der Waals surface area contributed by atoms with E-state index in [2.05, 4.69) is 4.98 Å². The molecule has 1 rings (SSSR count). The fourth-order valence-electron chi connectivity index (χ4n) is 0.836. The lowest BCUT2D eigenvalue weighted by atomic mass is 10.2. The average molecular weight is 193 g/mol. The molecule has 1 aromatic rings. The van der Waals surface area contributed by atoms with Crippen molar-refractivity contribution in [2.75, 3.05) is 5.73 Å². The van der Waals surface area contributed by atoms with E-state index in [0.717, 1.165) is 0 Å². The minimum atomic E-state index is -2.65. The Kier molecular flexibility index (Phi) is 2.47. The lowest BCUT2D eigenvalue weighted by Crippen LogP contribution is -1.99. The van der Waals surface area contributed by atoms with Crippen LogP contribution in [0.25, 0.3) is 0 Å². The summed E-state index contributed by atoms with van der Waals surface area (Å²) < 4.78 is 24.6. The van der Waals surface area contributed by atoms with Crippen LogP contribution in [-0.4, -0.2) is 4.98 Å². The van der Waals surface area contributed by atoms with Gasteiger partial charge in [-0.15, -0.1) is 0 Å². The van der Waals surface area contributed by atoms with E-state index in [1.54, 1.807) is 6.92 Å². The summed E-state index contributed by atoms with van der Waals surface area (Å²) in [6, 6.07) is 0. The van der Waals surface area contributed by atoms with Gasteiger partial charge in [0.1, 0.15) is 0 Å². The van der Waals surface area contributed by atoms with Gasteiger partial charge in [-0.2, -0.15) is 0 Å². The zero-order valence-electron chi connectivity index (χ0n) is 6.31. The number of rotatable bonds is 1. The summed E-state index contributed by atoms with van der Waals surface area (Å²) in [5.74, 6) is 0. The number of anilines is 1. The number of aromatic nitrogens is 1. The van der Waals surface area contributed by atoms with Gasteiger partial charge in [-0.05, 0) is 6.92 Å². The maximum atomic E-state index is 12.3. The molecule has 0 fully saturated rings. The molecule has 2 N–H and O–H groups in total. The number of hydrogen-bond acceptors (Lipinski definition) is 2. The van der Waals surface area contributed by atoms with Crippen LogP contribution in [0, 0.1) is 6.92 Å². The highest BCUT2D eigenvalue weighted by Crippen LogP contribution is 2.32. The van der Waals surface area contributed by atoms with Gasteiger partial charge < -0.3 is 5.73 Å². The van der Waals surface area contributed by atoms with Gasteiger partial charge in [0.2, 0.25) is 0 Å². The van der Waals surface area contributed by atoms with Gasteiger partial charge >= 0.3 is 0 Å². The molecule has 66 valence electrons. The predicted octanol–water partition coefficient (Wildman–Crippen LogP) is 2.56. The molecule has 0 atom stereocenters. The van der Waals surface area contributed by atoms with Gasteiger partial charge in [-0.25, -0.2) is 8.78 Å². The quantitative estimate of drug-likeness (QED) is 0.743. The largest absolute Gasteiger partial charge is 0.397 e. The van der Waals surface area contributed by atoms with Crippen molar-refractivity contribution in [2.24, 2.45) is 0 Å². The maximum Gasteiger partial charge on any atom is 0.267 e. The zero-order chi connectivity index (χ0) is 9.30. The Labute approximate surface area is 73.4 Å². The molecule has 5 heteroatoms. The summed E-state index contributed by atoms with van der Waals surface area (Å²) in [5, 5.41) is -0.0509. The molecule has 1 heterocycles. The molecule has 0 bridgehead atoms. The first-order chi connectivity index (χ1) is 5.54. The van der Waals surface area contributed by atoms with Crippen LogP contribution in [0.3, 0.4) is 0 Å². The van der Waals surface area contributed by atoms with Crippen LogP contribution in [0.2, 0.25) is 5.02 Å². The van der Waals surface area contributed by atoms with Gasteiger partial charge in [0.05, 0.1) is 28.2 Å².